The molecule has 1 aliphatic rings. The van der Waals surface area contributed by atoms with E-state index in [1.807, 2.05) is 18.2 Å². The number of nitrogens with zero attached hydrogens (tertiary/aromatic N) is 1. The van der Waals surface area contributed by atoms with Gasteiger partial charge in [0.1, 0.15) is 6.04 Å². The van der Waals surface area contributed by atoms with Crippen LogP contribution in [0.5, 0.6) is 0 Å². The van der Waals surface area contributed by atoms with E-state index in [9.17, 15) is 14.7 Å². The number of benzene rings is 1. The summed E-state index contributed by atoms with van der Waals surface area (Å²) < 4.78 is 0. The number of para-hydroxylation sites is 1. The Labute approximate surface area is 111 Å². The molecule has 0 spiro atoms. The quantitative estimate of drug-likeness (QED) is 0.816. The maximum Gasteiger partial charge on any atom is 0.327 e. The fourth-order valence-electron chi connectivity index (χ4n) is 2.17. The lowest BCUT2D eigenvalue weighted by Crippen LogP contribution is -2.45. The Kier molecular flexibility index (Phi) is 3.61. The molecule has 1 heterocycles. The molecular formula is C13H15NO3S. The fourth-order valence-corrected chi connectivity index (χ4v) is 2.33. The average Bonchev–Trinajstić information content (AvgIpc) is 2.76. The second-order valence-corrected chi connectivity index (χ2v) is 4.84. The van der Waals surface area contributed by atoms with E-state index >= 15 is 0 Å². The van der Waals surface area contributed by atoms with Crippen molar-refractivity contribution in [1.82, 2.24) is 0 Å². The molecular weight excluding hydrogens is 250 g/mol. The van der Waals surface area contributed by atoms with Gasteiger partial charge in [-0.2, -0.15) is 12.6 Å². The van der Waals surface area contributed by atoms with Crippen molar-refractivity contribution in [1.29, 1.82) is 0 Å². The van der Waals surface area contributed by atoms with Crippen LogP contribution in [0.2, 0.25) is 0 Å². The molecule has 2 atom stereocenters. The van der Waals surface area contributed by atoms with Crippen LogP contribution in [0.3, 0.4) is 0 Å². The number of carboxylic acids is 1. The molecule has 1 aliphatic heterocycles. The second-order valence-electron chi connectivity index (χ2n) is 4.48. The lowest BCUT2D eigenvalue weighted by atomic mass is 10.1. The van der Waals surface area contributed by atoms with Gasteiger partial charge in [-0.05, 0) is 11.6 Å². The van der Waals surface area contributed by atoms with Gasteiger partial charge in [-0.15, -0.1) is 0 Å². The summed E-state index contributed by atoms with van der Waals surface area (Å²) in [5.74, 6) is -1.03. The van der Waals surface area contributed by atoms with Crippen molar-refractivity contribution in [3.8, 4) is 0 Å². The Morgan fingerprint density at radius 3 is 2.78 bits per heavy atom. The predicted molar refractivity (Wildman–Crippen MR) is 72.1 cm³/mol. The Morgan fingerprint density at radius 1 is 1.50 bits per heavy atom. The van der Waals surface area contributed by atoms with Gasteiger partial charge in [-0.3, -0.25) is 9.69 Å². The molecule has 1 aromatic carbocycles. The topological polar surface area (TPSA) is 57.6 Å². The number of aliphatic carboxylic acids is 1. The highest BCUT2D eigenvalue weighted by Crippen LogP contribution is 2.33. The molecule has 0 unspecified atom stereocenters. The van der Waals surface area contributed by atoms with Gasteiger partial charge >= 0.3 is 5.97 Å². The molecule has 4 nitrogen and oxygen atoms in total. The number of carbonyl (C=O) groups is 2. The molecule has 0 saturated heterocycles. The molecule has 1 amide bonds. The smallest absolute Gasteiger partial charge is 0.327 e. The number of hydrogen-bond donors (Lipinski definition) is 2. The molecule has 0 fully saturated rings. The number of rotatable bonds is 3. The van der Waals surface area contributed by atoms with Crippen LogP contribution in [-0.4, -0.2) is 28.8 Å². The molecule has 0 radical (unpaired) electrons. The first-order chi connectivity index (χ1) is 8.56. The number of carboxylic acid groups (broad SMARTS) is 1. The molecule has 2 rings (SSSR count). The van der Waals surface area contributed by atoms with Crippen LogP contribution in [-0.2, 0) is 16.0 Å². The first-order valence-corrected chi connectivity index (χ1v) is 6.44. The highest BCUT2D eigenvalue weighted by molar-refractivity contribution is 7.80. The van der Waals surface area contributed by atoms with E-state index in [1.54, 1.807) is 13.0 Å². The van der Waals surface area contributed by atoms with Gasteiger partial charge in [0, 0.05) is 23.8 Å². The van der Waals surface area contributed by atoms with Gasteiger partial charge in [0.2, 0.25) is 5.91 Å². The number of fused-ring (bicyclic) bond motifs is 1. The maximum atomic E-state index is 12.3. The van der Waals surface area contributed by atoms with Gasteiger partial charge in [0.25, 0.3) is 0 Å². The first kappa shape index (κ1) is 13.0. The SMILES string of the molecule is C[C@@H](CS)C(=O)N1c2ccccc2C[C@@H]1C(=O)O. The number of carbonyl (C=O) groups excluding carboxylic acids is 1. The van der Waals surface area contributed by atoms with Crippen LogP contribution in [0.4, 0.5) is 5.69 Å². The Balaban J connectivity index is 2.40. The summed E-state index contributed by atoms with van der Waals surface area (Å²) in [6.45, 7) is 1.76. The standard InChI is InChI=1S/C13H15NO3S/c1-8(7-18)12(15)14-10-5-3-2-4-9(10)6-11(14)13(16)17/h2-5,8,11,18H,6-7H2,1H3,(H,16,17)/t8-,11+/m0/s1. The number of thiol groups is 1. The molecule has 5 heteroatoms. The number of anilines is 1. The van der Waals surface area contributed by atoms with E-state index in [4.69, 9.17) is 0 Å². The zero-order valence-electron chi connectivity index (χ0n) is 10.0. The van der Waals surface area contributed by atoms with Crippen LogP contribution in [0.15, 0.2) is 24.3 Å². The van der Waals surface area contributed by atoms with E-state index in [0.717, 1.165) is 5.56 Å². The largest absolute Gasteiger partial charge is 0.480 e. The molecule has 18 heavy (non-hydrogen) atoms. The van der Waals surface area contributed by atoms with Crippen LogP contribution in [0, 0.1) is 5.92 Å². The van der Waals surface area contributed by atoms with Crippen LogP contribution < -0.4 is 4.90 Å². The van der Waals surface area contributed by atoms with E-state index in [0.29, 0.717) is 17.9 Å². The number of amides is 1. The molecule has 0 saturated carbocycles. The van der Waals surface area contributed by atoms with Crippen LogP contribution in [0.1, 0.15) is 12.5 Å². The van der Waals surface area contributed by atoms with E-state index in [2.05, 4.69) is 12.6 Å². The summed E-state index contributed by atoms with van der Waals surface area (Å²) in [5, 5.41) is 9.25. The number of hydrogen-bond acceptors (Lipinski definition) is 3. The molecule has 1 N–H and O–H groups in total. The Bertz CT molecular complexity index is 489. The highest BCUT2D eigenvalue weighted by atomic mass is 32.1. The zero-order chi connectivity index (χ0) is 13.3. The van der Waals surface area contributed by atoms with Gasteiger partial charge in [-0.25, -0.2) is 4.79 Å². The van der Waals surface area contributed by atoms with Gasteiger partial charge < -0.3 is 5.11 Å². The van der Waals surface area contributed by atoms with Crippen molar-refractivity contribution in [3.63, 3.8) is 0 Å². The summed E-state index contributed by atoms with van der Waals surface area (Å²) in [4.78, 5) is 25.0. The van der Waals surface area contributed by atoms with E-state index in [-0.39, 0.29) is 11.8 Å². The average molecular weight is 265 g/mol. The fraction of sp³-hybridized carbons (Fsp3) is 0.385. The monoisotopic (exact) mass is 265 g/mol. The summed E-state index contributed by atoms with van der Waals surface area (Å²) in [5.41, 5.74) is 1.62. The van der Waals surface area contributed by atoms with Crippen molar-refractivity contribution in [2.75, 3.05) is 10.7 Å². The molecule has 0 aromatic heterocycles. The van der Waals surface area contributed by atoms with Crippen molar-refractivity contribution >= 4 is 30.2 Å². The summed E-state index contributed by atoms with van der Waals surface area (Å²) in [6.07, 6.45) is 0.372. The van der Waals surface area contributed by atoms with Gasteiger partial charge in [-0.1, -0.05) is 25.1 Å². The lowest BCUT2D eigenvalue weighted by Gasteiger charge is -2.25. The molecule has 0 aliphatic carbocycles. The normalized spacial score (nSPS) is 19.4. The van der Waals surface area contributed by atoms with Crippen LogP contribution >= 0.6 is 12.6 Å². The second kappa shape index (κ2) is 5.02. The third-order valence-corrected chi connectivity index (χ3v) is 3.74. The summed E-state index contributed by atoms with van der Waals surface area (Å²) in [6, 6.07) is 6.53. The summed E-state index contributed by atoms with van der Waals surface area (Å²) >= 11 is 4.10. The van der Waals surface area contributed by atoms with Crippen LogP contribution in [0.25, 0.3) is 0 Å². The third kappa shape index (κ3) is 2.10. The van der Waals surface area contributed by atoms with Crippen molar-refractivity contribution in [2.24, 2.45) is 5.92 Å². The summed E-state index contributed by atoms with van der Waals surface area (Å²) in [7, 11) is 0. The first-order valence-electron chi connectivity index (χ1n) is 5.81. The minimum atomic E-state index is -0.967. The Hall–Kier alpha value is -1.49. The maximum absolute atomic E-state index is 12.3. The molecule has 1 aromatic rings. The minimum Gasteiger partial charge on any atom is -0.480 e. The van der Waals surface area contributed by atoms with E-state index < -0.39 is 12.0 Å². The third-order valence-electron chi connectivity index (χ3n) is 3.19. The minimum absolute atomic E-state index is 0.178. The lowest BCUT2D eigenvalue weighted by molar-refractivity contribution is -0.140. The van der Waals surface area contributed by atoms with Gasteiger partial charge in [0.05, 0.1) is 0 Å². The van der Waals surface area contributed by atoms with Crippen molar-refractivity contribution < 1.29 is 14.7 Å². The van der Waals surface area contributed by atoms with Crippen molar-refractivity contribution in [3.05, 3.63) is 29.8 Å². The molecule has 0 bridgehead atoms. The Morgan fingerprint density at radius 2 is 2.17 bits per heavy atom. The van der Waals surface area contributed by atoms with Crippen molar-refractivity contribution in [2.45, 2.75) is 19.4 Å². The van der Waals surface area contributed by atoms with Gasteiger partial charge in [0.15, 0.2) is 0 Å². The highest BCUT2D eigenvalue weighted by Gasteiger charge is 2.39. The van der Waals surface area contributed by atoms with E-state index in [1.165, 1.54) is 4.90 Å². The zero-order valence-corrected chi connectivity index (χ0v) is 10.9. The molecule has 96 valence electrons. The predicted octanol–water partition coefficient (Wildman–Crippen LogP) is 1.59.